The van der Waals surface area contributed by atoms with Crippen LogP contribution in [0.4, 0.5) is 0 Å². The van der Waals surface area contributed by atoms with Gasteiger partial charge in [0.25, 0.3) is 0 Å². The number of phosphoric ester groups is 1. The average molecular weight is 391 g/mol. The highest BCUT2D eigenvalue weighted by Crippen LogP contribution is 2.38. The van der Waals surface area contributed by atoms with Crippen molar-refractivity contribution in [3.63, 3.8) is 0 Å². The molecule has 0 amide bonds. The first kappa shape index (κ1) is 22.0. The maximum Gasteiger partial charge on any atom is 0.469 e. The summed E-state index contributed by atoms with van der Waals surface area (Å²) in [6.07, 6.45) is 3.75. The number of carboxylic acid groups (broad SMARTS) is 1. The van der Waals surface area contributed by atoms with Gasteiger partial charge >= 0.3 is 13.8 Å². The largest absolute Gasteiger partial charge is 0.506 e. The van der Waals surface area contributed by atoms with E-state index in [0.717, 1.165) is 0 Å². The van der Waals surface area contributed by atoms with E-state index in [1.165, 1.54) is 25.5 Å². The van der Waals surface area contributed by atoms with Crippen LogP contribution in [0.3, 0.4) is 0 Å². The van der Waals surface area contributed by atoms with Crippen molar-refractivity contribution in [2.75, 3.05) is 13.2 Å². The molecule has 1 heterocycles. The van der Waals surface area contributed by atoms with Gasteiger partial charge in [0.2, 0.25) is 0 Å². The number of aromatic hydroxyl groups is 1. The SMILES string of the molecule is Cc1ncc(COP(=O)(O)O)c(CNC(/C=C/OCCN)C(=O)O)c1O. The van der Waals surface area contributed by atoms with Crippen molar-refractivity contribution in [3.05, 3.63) is 35.4 Å². The van der Waals surface area contributed by atoms with Gasteiger partial charge in [0.15, 0.2) is 0 Å². The first-order valence-corrected chi connectivity index (χ1v) is 8.99. The zero-order valence-corrected chi connectivity index (χ0v) is 14.9. The normalized spacial score (nSPS) is 13.1. The maximum atomic E-state index is 11.3. The summed E-state index contributed by atoms with van der Waals surface area (Å²) in [4.78, 5) is 32.8. The minimum absolute atomic E-state index is 0.118. The molecule has 0 saturated heterocycles. The molecule has 0 radical (unpaired) electrons. The van der Waals surface area contributed by atoms with E-state index in [0.29, 0.717) is 0 Å². The van der Waals surface area contributed by atoms with E-state index in [1.54, 1.807) is 0 Å². The van der Waals surface area contributed by atoms with Crippen molar-refractivity contribution in [1.82, 2.24) is 10.3 Å². The van der Waals surface area contributed by atoms with E-state index in [1.807, 2.05) is 0 Å². The van der Waals surface area contributed by atoms with Crippen LogP contribution in [0, 0.1) is 6.92 Å². The molecule has 0 aliphatic carbocycles. The lowest BCUT2D eigenvalue weighted by atomic mass is 10.1. The molecule has 0 aliphatic rings. The molecular weight excluding hydrogens is 369 g/mol. The Labute approximate surface area is 149 Å². The highest BCUT2D eigenvalue weighted by Gasteiger charge is 2.20. The van der Waals surface area contributed by atoms with E-state index in [4.69, 9.17) is 20.3 Å². The standard InChI is InChI=1S/C14H22N3O8P/c1-9-13(18)11(10(6-16-9)8-25-26(21,22)23)7-17-12(14(19)20)2-4-24-5-3-15/h2,4,6,12,17-18H,3,5,7-8,15H2,1H3,(H,19,20)(H2,21,22,23)/b4-2+. The van der Waals surface area contributed by atoms with Crippen molar-refractivity contribution >= 4 is 13.8 Å². The molecule has 0 fully saturated rings. The van der Waals surface area contributed by atoms with Crippen molar-refractivity contribution in [3.8, 4) is 5.75 Å². The second-order valence-electron chi connectivity index (χ2n) is 5.14. The minimum Gasteiger partial charge on any atom is -0.506 e. The first-order valence-electron chi connectivity index (χ1n) is 7.46. The molecule has 11 nitrogen and oxygen atoms in total. The monoisotopic (exact) mass is 391 g/mol. The molecule has 26 heavy (non-hydrogen) atoms. The van der Waals surface area contributed by atoms with Crippen LogP contribution in [0.5, 0.6) is 5.75 Å². The average Bonchev–Trinajstić information content (AvgIpc) is 2.55. The number of carboxylic acids is 1. The zero-order valence-electron chi connectivity index (χ0n) is 14.0. The van der Waals surface area contributed by atoms with Gasteiger partial charge in [0.1, 0.15) is 11.8 Å². The number of pyridine rings is 1. The number of carbonyl (C=O) groups is 1. The zero-order chi connectivity index (χ0) is 19.7. The second kappa shape index (κ2) is 10.2. The molecule has 1 atom stereocenters. The molecule has 1 rings (SSSR count). The van der Waals surface area contributed by atoms with E-state index in [-0.39, 0.29) is 42.3 Å². The summed E-state index contributed by atoms with van der Waals surface area (Å²) in [7, 11) is -4.72. The number of phosphoric acid groups is 1. The molecule has 0 spiro atoms. The number of aliphatic carboxylic acids is 1. The summed E-state index contributed by atoms with van der Waals surface area (Å²) in [6, 6.07) is -1.13. The Kier molecular flexibility index (Phi) is 8.66. The molecule has 146 valence electrons. The fourth-order valence-electron chi connectivity index (χ4n) is 1.88. The topological polar surface area (TPSA) is 184 Å². The molecule has 0 bridgehead atoms. The molecule has 1 aromatic heterocycles. The van der Waals surface area contributed by atoms with Gasteiger partial charge in [-0.3, -0.25) is 19.6 Å². The lowest BCUT2D eigenvalue weighted by Gasteiger charge is -2.16. The maximum absolute atomic E-state index is 11.3. The van der Waals surface area contributed by atoms with Crippen LogP contribution < -0.4 is 11.1 Å². The van der Waals surface area contributed by atoms with Gasteiger partial charge in [0.05, 0.1) is 25.2 Å². The third-order valence-corrected chi connectivity index (χ3v) is 3.65. The third kappa shape index (κ3) is 7.48. The lowest BCUT2D eigenvalue weighted by molar-refractivity contribution is -0.138. The number of hydrogen-bond acceptors (Lipinski definition) is 8. The van der Waals surface area contributed by atoms with Crippen LogP contribution >= 0.6 is 7.82 Å². The van der Waals surface area contributed by atoms with E-state index < -0.39 is 26.4 Å². The van der Waals surface area contributed by atoms with Crippen molar-refractivity contribution < 1.29 is 38.6 Å². The van der Waals surface area contributed by atoms with E-state index >= 15 is 0 Å². The quantitative estimate of drug-likeness (QED) is 0.166. The van der Waals surface area contributed by atoms with E-state index in [9.17, 15) is 19.6 Å². The molecule has 0 aromatic carbocycles. The van der Waals surface area contributed by atoms with Crippen LogP contribution in [-0.4, -0.2) is 50.1 Å². The molecule has 1 unspecified atom stereocenters. The van der Waals surface area contributed by atoms with Crippen LogP contribution in [0.1, 0.15) is 16.8 Å². The number of nitrogens with two attached hydrogens (primary N) is 1. The van der Waals surface area contributed by atoms with Crippen LogP contribution in [0.25, 0.3) is 0 Å². The van der Waals surface area contributed by atoms with Crippen LogP contribution in [-0.2, 0) is 31.8 Å². The summed E-state index contributed by atoms with van der Waals surface area (Å²) >= 11 is 0. The fourth-order valence-corrected chi connectivity index (χ4v) is 2.19. The Hall–Kier alpha value is -2.01. The number of rotatable bonds is 11. The Morgan fingerprint density at radius 3 is 2.77 bits per heavy atom. The smallest absolute Gasteiger partial charge is 0.469 e. The van der Waals surface area contributed by atoms with Gasteiger partial charge in [-0.15, -0.1) is 0 Å². The van der Waals surface area contributed by atoms with Gasteiger partial charge in [-0.25, -0.2) is 4.57 Å². The highest BCUT2D eigenvalue weighted by atomic mass is 31.2. The number of ether oxygens (including phenoxy) is 1. The summed E-state index contributed by atoms with van der Waals surface area (Å²) in [5, 5.41) is 22.0. The predicted octanol–water partition coefficient (Wildman–Crippen LogP) is -0.263. The Morgan fingerprint density at radius 2 is 2.19 bits per heavy atom. The first-order chi connectivity index (χ1) is 12.2. The van der Waals surface area contributed by atoms with Crippen LogP contribution in [0.15, 0.2) is 18.5 Å². The van der Waals surface area contributed by atoms with Gasteiger partial charge in [0, 0.05) is 30.4 Å². The summed E-state index contributed by atoms with van der Waals surface area (Å²) in [5.41, 5.74) is 5.95. The molecule has 0 saturated carbocycles. The molecule has 1 aromatic rings. The number of hydrogen-bond donors (Lipinski definition) is 6. The number of nitrogens with one attached hydrogen (secondary N) is 1. The summed E-state index contributed by atoms with van der Waals surface area (Å²) in [5.74, 6) is -1.41. The summed E-state index contributed by atoms with van der Waals surface area (Å²) < 4.78 is 20.3. The Morgan fingerprint density at radius 1 is 1.50 bits per heavy atom. The van der Waals surface area contributed by atoms with Crippen molar-refractivity contribution in [1.29, 1.82) is 0 Å². The number of nitrogens with zero attached hydrogens (tertiary/aromatic N) is 1. The Balaban J connectivity index is 2.91. The third-order valence-electron chi connectivity index (χ3n) is 3.19. The van der Waals surface area contributed by atoms with E-state index in [2.05, 4.69) is 14.8 Å². The summed E-state index contributed by atoms with van der Waals surface area (Å²) in [6.45, 7) is 1.42. The predicted molar refractivity (Wildman–Crippen MR) is 89.9 cm³/mol. The number of aromatic nitrogens is 1. The molecule has 7 N–H and O–H groups in total. The molecular formula is C14H22N3O8P. The Bertz CT molecular complexity index is 691. The van der Waals surface area contributed by atoms with Crippen molar-refractivity contribution in [2.45, 2.75) is 26.1 Å². The van der Waals surface area contributed by atoms with Crippen molar-refractivity contribution in [2.24, 2.45) is 5.73 Å². The highest BCUT2D eigenvalue weighted by molar-refractivity contribution is 7.46. The second-order valence-corrected chi connectivity index (χ2v) is 6.38. The van der Waals surface area contributed by atoms with Gasteiger partial charge in [-0.2, -0.15) is 0 Å². The minimum atomic E-state index is -4.72. The van der Waals surface area contributed by atoms with Gasteiger partial charge < -0.3 is 30.5 Å². The van der Waals surface area contributed by atoms with Gasteiger partial charge in [-0.1, -0.05) is 0 Å². The molecule has 12 heteroatoms. The van der Waals surface area contributed by atoms with Crippen LogP contribution in [0.2, 0.25) is 0 Å². The fraction of sp³-hybridized carbons (Fsp3) is 0.429. The number of aryl methyl sites for hydroxylation is 1. The van der Waals surface area contributed by atoms with Gasteiger partial charge in [-0.05, 0) is 13.0 Å². The molecule has 0 aliphatic heterocycles. The lowest BCUT2D eigenvalue weighted by Crippen LogP contribution is -2.34.